The molecule has 19 heavy (non-hydrogen) atoms. The summed E-state index contributed by atoms with van der Waals surface area (Å²) in [7, 11) is 1.83. The zero-order valence-electron chi connectivity index (χ0n) is 12.6. The lowest BCUT2D eigenvalue weighted by Gasteiger charge is -2.34. The van der Waals surface area contributed by atoms with Crippen LogP contribution in [0.2, 0.25) is 0 Å². The SMILES string of the molecule is COC1CCN(CCC(C)(C)c2ccccc2)CC1. The van der Waals surface area contributed by atoms with E-state index in [4.69, 9.17) is 4.74 Å². The van der Waals surface area contributed by atoms with Crippen molar-refractivity contribution < 1.29 is 4.74 Å². The second-order valence-electron chi connectivity index (χ2n) is 6.28. The first-order valence-corrected chi connectivity index (χ1v) is 7.42. The molecule has 0 amide bonds. The van der Waals surface area contributed by atoms with Crippen molar-refractivity contribution in [2.45, 2.75) is 44.6 Å². The Labute approximate surface area is 117 Å². The summed E-state index contributed by atoms with van der Waals surface area (Å²) in [5.74, 6) is 0. The number of nitrogens with zero attached hydrogens (tertiary/aromatic N) is 1. The molecule has 2 heteroatoms. The quantitative estimate of drug-likeness (QED) is 0.805. The fourth-order valence-electron chi connectivity index (χ4n) is 2.84. The highest BCUT2D eigenvalue weighted by molar-refractivity contribution is 5.23. The number of benzene rings is 1. The van der Waals surface area contributed by atoms with Crippen molar-refractivity contribution in [1.29, 1.82) is 0 Å². The maximum atomic E-state index is 5.43. The molecule has 1 aliphatic rings. The van der Waals surface area contributed by atoms with Crippen LogP contribution < -0.4 is 0 Å². The van der Waals surface area contributed by atoms with Gasteiger partial charge in [0.1, 0.15) is 0 Å². The molecule has 2 nitrogen and oxygen atoms in total. The highest BCUT2D eigenvalue weighted by Gasteiger charge is 2.23. The van der Waals surface area contributed by atoms with Crippen molar-refractivity contribution in [1.82, 2.24) is 4.90 Å². The van der Waals surface area contributed by atoms with Gasteiger partial charge < -0.3 is 9.64 Å². The first-order valence-electron chi connectivity index (χ1n) is 7.42. The largest absolute Gasteiger partial charge is 0.381 e. The van der Waals surface area contributed by atoms with Crippen molar-refractivity contribution in [2.75, 3.05) is 26.7 Å². The van der Waals surface area contributed by atoms with Gasteiger partial charge in [0.05, 0.1) is 6.10 Å². The third-order valence-electron chi connectivity index (χ3n) is 4.48. The summed E-state index contributed by atoms with van der Waals surface area (Å²) in [5.41, 5.74) is 1.71. The molecule has 0 saturated carbocycles. The zero-order chi connectivity index (χ0) is 13.7. The van der Waals surface area contributed by atoms with Crippen molar-refractivity contribution in [3.63, 3.8) is 0 Å². The van der Waals surface area contributed by atoms with Crippen molar-refractivity contribution in [3.8, 4) is 0 Å². The molecule has 0 atom stereocenters. The summed E-state index contributed by atoms with van der Waals surface area (Å²) in [5, 5.41) is 0. The van der Waals surface area contributed by atoms with Crippen molar-refractivity contribution in [2.24, 2.45) is 0 Å². The summed E-state index contributed by atoms with van der Waals surface area (Å²) in [6.45, 7) is 8.26. The fraction of sp³-hybridized carbons (Fsp3) is 0.647. The van der Waals surface area contributed by atoms with Crippen LogP contribution in [0.25, 0.3) is 0 Å². The van der Waals surface area contributed by atoms with Crippen LogP contribution in [0.3, 0.4) is 0 Å². The Kier molecular flexibility index (Phi) is 5.00. The van der Waals surface area contributed by atoms with Gasteiger partial charge in [0, 0.05) is 20.2 Å². The van der Waals surface area contributed by atoms with Gasteiger partial charge in [-0.25, -0.2) is 0 Å². The van der Waals surface area contributed by atoms with Gasteiger partial charge in [-0.3, -0.25) is 0 Å². The van der Waals surface area contributed by atoms with Gasteiger partial charge in [0.15, 0.2) is 0 Å². The van der Waals surface area contributed by atoms with Crippen LogP contribution in [0.15, 0.2) is 30.3 Å². The lowest BCUT2D eigenvalue weighted by Crippen LogP contribution is -2.38. The van der Waals surface area contributed by atoms with E-state index in [0.29, 0.717) is 6.10 Å². The van der Waals surface area contributed by atoms with E-state index in [1.807, 2.05) is 7.11 Å². The molecule has 0 N–H and O–H groups in total. The number of hydrogen-bond donors (Lipinski definition) is 0. The van der Waals surface area contributed by atoms with Crippen LogP contribution in [0.1, 0.15) is 38.7 Å². The lowest BCUT2D eigenvalue weighted by atomic mass is 9.81. The Morgan fingerprint density at radius 3 is 2.37 bits per heavy atom. The van der Waals surface area contributed by atoms with E-state index in [2.05, 4.69) is 49.1 Å². The van der Waals surface area contributed by atoms with Crippen molar-refractivity contribution in [3.05, 3.63) is 35.9 Å². The lowest BCUT2D eigenvalue weighted by molar-refractivity contribution is 0.0394. The number of likely N-dealkylation sites (tertiary alicyclic amines) is 1. The predicted octanol–water partition coefficient (Wildman–Crippen LogP) is 3.47. The van der Waals surface area contributed by atoms with Gasteiger partial charge in [-0.1, -0.05) is 44.2 Å². The van der Waals surface area contributed by atoms with Gasteiger partial charge in [0.2, 0.25) is 0 Å². The highest BCUT2D eigenvalue weighted by atomic mass is 16.5. The maximum Gasteiger partial charge on any atom is 0.0595 e. The van der Waals surface area contributed by atoms with Crippen LogP contribution >= 0.6 is 0 Å². The molecule has 0 unspecified atom stereocenters. The Balaban J connectivity index is 1.82. The van der Waals surface area contributed by atoms with Crippen molar-refractivity contribution >= 4 is 0 Å². The second kappa shape index (κ2) is 6.53. The number of methoxy groups -OCH3 is 1. The molecule has 0 aromatic heterocycles. The molecule has 0 spiro atoms. The van der Waals surface area contributed by atoms with Crippen LogP contribution in [-0.4, -0.2) is 37.7 Å². The first kappa shape index (κ1) is 14.5. The number of piperidine rings is 1. The zero-order valence-corrected chi connectivity index (χ0v) is 12.6. The third kappa shape index (κ3) is 4.05. The molecular weight excluding hydrogens is 234 g/mol. The summed E-state index contributed by atoms with van der Waals surface area (Å²) < 4.78 is 5.43. The molecule has 1 saturated heterocycles. The van der Waals surface area contributed by atoms with E-state index in [9.17, 15) is 0 Å². The Morgan fingerprint density at radius 1 is 1.16 bits per heavy atom. The number of hydrogen-bond acceptors (Lipinski definition) is 2. The molecule has 0 aliphatic carbocycles. The number of rotatable bonds is 5. The standard InChI is InChI=1S/C17H27NO/c1-17(2,15-7-5-4-6-8-15)11-14-18-12-9-16(19-3)10-13-18/h4-8,16H,9-14H2,1-3H3. The average Bonchev–Trinajstić information content (AvgIpc) is 2.47. The summed E-state index contributed by atoms with van der Waals surface area (Å²) in [6, 6.07) is 10.9. The molecule has 2 rings (SSSR count). The molecule has 1 aromatic rings. The minimum atomic E-state index is 0.263. The second-order valence-corrected chi connectivity index (χ2v) is 6.28. The van der Waals surface area contributed by atoms with Crippen LogP contribution in [-0.2, 0) is 10.2 Å². The van der Waals surface area contributed by atoms with E-state index in [0.717, 1.165) is 0 Å². The summed E-state index contributed by atoms with van der Waals surface area (Å²) in [4.78, 5) is 2.58. The highest BCUT2D eigenvalue weighted by Crippen LogP contribution is 2.27. The van der Waals surface area contributed by atoms with Crippen LogP contribution in [0.4, 0.5) is 0 Å². The Bertz CT molecular complexity index is 366. The summed E-state index contributed by atoms with van der Waals surface area (Å²) >= 11 is 0. The third-order valence-corrected chi connectivity index (χ3v) is 4.48. The Morgan fingerprint density at radius 2 is 1.79 bits per heavy atom. The normalized spacial score (nSPS) is 18.7. The molecule has 1 aliphatic heterocycles. The van der Waals surface area contributed by atoms with Crippen LogP contribution in [0, 0.1) is 0 Å². The van der Waals surface area contributed by atoms with E-state index >= 15 is 0 Å². The minimum absolute atomic E-state index is 0.263. The fourth-order valence-corrected chi connectivity index (χ4v) is 2.84. The molecule has 1 heterocycles. The van der Waals surface area contributed by atoms with Gasteiger partial charge in [-0.15, -0.1) is 0 Å². The maximum absolute atomic E-state index is 5.43. The molecule has 1 aromatic carbocycles. The molecule has 0 radical (unpaired) electrons. The average molecular weight is 261 g/mol. The molecule has 106 valence electrons. The van der Waals surface area contributed by atoms with E-state index < -0.39 is 0 Å². The van der Waals surface area contributed by atoms with E-state index in [-0.39, 0.29) is 5.41 Å². The minimum Gasteiger partial charge on any atom is -0.381 e. The van der Waals surface area contributed by atoms with Gasteiger partial charge >= 0.3 is 0 Å². The van der Waals surface area contributed by atoms with E-state index in [1.54, 1.807) is 0 Å². The molecule has 0 bridgehead atoms. The molecule has 1 fully saturated rings. The van der Waals surface area contributed by atoms with E-state index in [1.165, 1.54) is 44.5 Å². The Hall–Kier alpha value is -0.860. The van der Waals surface area contributed by atoms with Crippen LogP contribution in [0.5, 0.6) is 0 Å². The first-order chi connectivity index (χ1) is 9.12. The molecular formula is C17H27NO. The van der Waals surface area contributed by atoms with Gasteiger partial charge in [-0.05, 0) is 36.8 Å². The summed E-state index contributed by atoms with van der Waals surface area (Å²) in [6.07, 6.45) is 4.07. The monoisotopic (exact) mass is 261 g/mol. The topological polar surface area (TPSA) is 12.5 Å². The smallest absolute Gasteiger partial charge is 0.0595 e. The number of ether oxygens (including phenoxy) is 1. The predicted molar refractivity (Wildman–Crippen MR) is 80.6 cm³/mol. The van der Waals surface area contributed by atoms with Gasteiger partial charge in [-0.2, -0.15) is 0 Å². The van der Waals surface area contributed by atoms with Gasteiger partial charge in [0.25, 0.3) is 0 Å².